The third-order valence-electron chi connectivity index (χ3n) is 5.50. The highest BCUT2D eigenvalue weighted by Gasteiger charge is 2.25. The van der Waals surface area contributed by atoms with Crippen LogP contribution in [0.2, 0.25) is 0 Å². The topological polar surface area (TPSA) is 170 Å². The van der Waals surface area contributed by atoms with Gasteiger partial charge in [0.15, 0.2) is 10.8 Å². The Morgan fingerprint density at radius 1 is 1.32 bits per heavy atom. The van der Waals surface area contributed by atoms with Crippen LogP contribution in [0.3, 0.4) is 0 Å². The summed E-state index contributed by atoms with van der Waals surface area (Å²) in [6, 6.07) is 0. The van der Waals surface area contributed by atoms with Crippen LogP contribution in [0, 0.1) is 0 Å². The molecule has 2 aromatic heterocycles. The van der Waals surface area contributed by atoms with Gasteiger partial charge in [0.2, 0.25) is 5.91 Å². The number of nitrogens with one attached hydrogen (secondary N) is 2. The molecule has 1 unspecified atom stereocenters. The van der Waals surface area contributed by atoms with Gasteiger partial charge in [0.25, 0.3) is 5.56 Å². The minimum atomic E-state index is -0.750. The molecule has 0 saturated carbocycles. The Morgan fingerprint density at radius 2 is 2.12 bits per heavy atom. The third-order valence-corrected chi connectivity index (χ3v) is 6.46. The number of aromatic amines is 2. The number of rotatable bonds is 12. The Morgan fingerprint density at radius 3 is 2.79 bits per heavy atom. The molecular weight excluding hydrogens is 466 g/mol. The van der Waals surface area contributed by atoms with Crippen LogP contribution < -0.4 is 27.6 Å². The largest absolute Gasteiger partial charge is 0.383 e. The van der Waals surface area contributed by atoms with Gasteiger partial charge < -0.3 is 20.1 Å². The molecule has 14 heteroatoms. The highest BCUT2D eigenvalue weighted by Crippen LogP contribution is 2.22. The second kappa shape index (κ2) is 12.0. The molecule has 0 aliphatic carbocycles. The SMILES string of the molecule is CCCCn1c(N)c(N(CCOC)C(=O)CSc2n[nH]c(=O)n2CC2CCCO2)c(=O)[nH]c1=O. The molecule has 1 atom stereocenters. The number of anilines is 2. The van der Waals surface area contributed by atoms with Crippen LogP contribution in [0.5, 0.6) is 0 Å². The summed E-state index contributed by atoms with van der Waals surface area (Å²) in [6.45, 7) is 3.48. The summed E-state index contributed by atoms with van der Waals surface area (Å²) in [6.07, 6.45) is 3.20. The van der Waals surface area contributed by atoms with Crippen LogP contribution in [0.25, 0.3) is 0 Å². The predicted octanol–water partition coefficient (Wildman–Crippen LogP) is -0.246. The Hall–Kier alpha value is -2.84. The number of nitrogen functional groups attached to an aromatic ring is 1. The van der Waals surface area contributed by atoms with E-state index < -0.39 is 17.2 Å². The van der Waals surface area contributed by atoms with Crippen molar-refractivity contribution in [2.45, 2.75) is 57.0 Å². The molecule has 0 radical (unpaired) electrons. The maximum absolute atomic E-state index is 13.2. The maximum atomic E-state index is 13.2. The number of amides is 1. The number of nitrogens with zero attached hydrogens (tertiary/aromatic N) is 4. The summed E-state index contributed by atoms with van der Waals surface area (Å²) in [5.41, 5.74) is 4.33. The van der Waals surface area contributed by atoms with Crippen LogP contribution in [0.1, 0.15) is 32.6 Å². The van der Waals surface area contributed by atoms with Gasteiger partial charge in [0, 0.05) is 26.8 Å². The number of ether oxygens (including phenoxy) is 2. The van der Waals surface area contributed by atoms with Crippen LogP contribution in [-0.4, -0.2) is 68.9 Å². The van der Waals surface area contributed by atoms with E-state index in [1.807, 2.05) is 6.92 Å². The van der Waals surface area contributed by atoms with Gasteiger partial charge in [0.1, 0.15) is 5.82 Å². The van der Waals surface area contributed by atoms with Gasteiger partial charge in [-0.2, -0.15) is 0 Å². The lowest BCUT2D eigenvalue weighted by Gasteiger charge is -2.24. The molecule has 3 rings (SSSR count). The average molecular weight is 498 g/mol. The predicted molar refractivity (Wildman–Crippen MR) is 127 cm³/mol. The lowest BCUT2D eigenvalue weighted by molar-refractivity contribution is -0.116. The summed E-state index contributed by atoms with van der Waals surface area (Å²) in [5, 5.41) is 6.77. The fourth-order valence-electron chi connectivity index (χ4n) is 3.69. The van der Waals surface area contributed by atoms with Crippen molar-refractivity contribution in [1.29, 1.82) is 0 Å². The molecule has 1 aliphatic rings. The summed E-state index contributed by atoms with van der Waals surface area (Å²) in [5.74, 6) is -0.641. The van der Waals surface area contributed by atoms with Crippen molar-refractivity contribution in [3.8, 4) is 0 Å². The van der Waals surface area contributed by atoms with Crippen molar-refractivity contribution in [3.63, 3.8) is 0 Å². The second-order valence-corrected chi connectivity index (χ2v) is 8.82. The van der Waals surface area contributed by atoms with E-state index >= 15 is 0 Å². The van der Waals surface area contributed by atoms with Gasteiger partial charge in [-0.1, -0.05) is 25.1 Å². The van der Waals surface area contributed by atoms with Gasteiger partial charge in [0.05, 0.1) is 25.0 Å². The first-order valence-corrected chi connectivity index (χ1v) is 12.2. The van der Waals surface area contributed by atoms with Crippen molar-refractivity contribution in [2.75, 3.05) is 43.3 Å². The van der Waals surface area contributed by atoms with E-state index in [0.717, 1.165) is 31.0 Å². The van der Waals surface area contributed by atoms with E-state index in [4.69, 9.17) is 15.2 Å². The number of hydrogen-bond donors (Lipinski definition) is 3. The molecular formula is C20H31N7O6S. The Kier molecular flexibility index (Phi) is 9.12. The molecule has 1 fully saturated rings. The molecule has 0 aromatic carbocycles. The minimum Gasteiger partial charge on any atom is -0.383 e. The number of carbonyl (C=O) groups excluding carboxylic acids is 1. The molecule has 34 heavy (non-hydrogen) atoms. The molecule has 4 N–H and O–H groups in total. The zero-order valence-electron chi connectivity index (χ0n) is 19.4. The zero-order valence-corrected chi connectivity index (χ0v) is 20.2. The monoisotopic (exact) mass is 497 g/mol. The molecule has 13 nitrogen and oxygen atoms in total. The van der Waals surface area contributed by atoms with Crippen molar-refractivity contribution >= 4 is 29.2 Å². The molecule has 0 bridgehead atoms. The first-order chi connectivity index (χ1) is 16.4. The summed E-state index contributed by atoms with van der Waals surface area (Å²) < 4.78 is 13.4. The zero-order chi connectivity index (χ0) is 24.7. The first-order valence-electron chi connectivity index (χ1n) is 11.2. The standard InChI is InChI=1S/C20H31N7O6S/c1-3-4-7-26-16(21)15(17(29)22-18(26)30)25(8-10-32-2)14(28)12-34-20-24-23-19(31)27(20)11-13-6-5-9-33-13/h13H,3-12,21H2,1-2H3,(H,23,31)(H,22,29,30). The van der Waals surface area contributed by atoms with E-state index in [-0.39, 0.29) is 42.2 Å². The fourth-order valence-corrected chi connectivity index (χ4v) is 4.52. The van der Waals surface area contributed by atoms with Crippen molar-refractivity contribution in [2.24, 2.45) is 0 Å². The summed E-state index contributed by atoms with van der Waals surface area (Å²) in [4.78, 5) is 53.8. The Balaban J connectivity index is 1.83. The third kappa shape index (κ3) is 5.98. The van der Waals surface area contributed by atoms with Crippen LogP contribution in [-0.2, 0) is 27.4 Å². The number of thioether (sulfide) groups is 1. The molecule has 1 saturated heterocycles. The van der Waals surface area contributed by atoms with Gasteiger partial charge in [-0.15, -0.1) is 5.10 Å². The molecule has 1 amide bonds. The maximum Gasteiger partial charge on any atom is 0.344 e. The number of methoxy groups -OCH3 is 1. The lowest BCUT2D eigenvalue weighted by Crippen LogP contribution is -2.43. The minimum absolute atomic E-state index is 0.0540. The van der Waals surface area contributed by atoms with Gasteiger partial charge >= 0.3 is 11.4 Å². The highest BCUT2D eigenvalue weighted by molar-refractivity contribution is 7.99. The van der Waals surface area contributed by atoms with E-state index in [0.29, 0.717) is 31.3 Å². The summed E-state index contributed by atoms with van der Waals surface area (Å²) >= 11 is 1.06. The quantitative estimate of drug-likeness (QED) is 0.335. The lowest BCUT2D eigenvalue weighted by atomic mass is 10.2. The molecule has 188 valence electrons. The normalized spacial score (nSPS) is 15.6. The number of H-pyrrole nitrogens is 2. The molecule has 3 heterocycles. The smallest absolute Gasteiger partial charge is 0.344 e. The number of hydrogen-bond acceptors (Lipinski definition) is 9. The Bertz CT molecular complexity index is 1150. The summed E-state index contributed by atoms with van der Waals surface area (Å²) in [7, 11) is 1.47. The van der Waals surface area contributed by atoms with Crippen LogP contribution in [0.4, 0.5) is 11.5 Å². The van der Waals surface area contributed by atoms with Gasteiger partial charge in [-0.3, -0.25) is 23.7 Å². The highest BCUT2D eigenvalue weighted by atomic mass is 32.2. The molecule has 1 aliphatic heterocycles. The van der Waals surface area contributed by atoms with E-state index in [1.54, 1.807) is 0 Å². The van der Waals surface area contributed by atoms with E-state index in [9.17, 15) is 19.2 Å². The molecule has 2 aromatic rings. The Labute approximate surface area is 199 Å². The molecule has 0 spiro atoms. The number of aromatic nitrogens is 5. The average Bonchev–Trinajstić information content (AvgIpc) is 3.44. The van der Waals surface area contributed by atoms with Crippen molar-refractivity contribution in [3.05, 3.63) is 31.3 Å². The second-order valence-electron chi connectivity index (χ2n) is 7.88. The van der Waals surface area contributed by atoms with E-state index in [1.165, 1.54) is 21.1 Å². The van der Waals surface area contributed by atoms with Gasteiger partial charge in [-0.25, -0.2) is 14.7 Å². The number of carbonyl (C=O) groups is 1. The first kappa shape index (κ1) is 25.8. The van der Waals surface area contributed by atoms with Gasteiger partial charge in [-0.05, 0) is 19.3 Å². The van der Waals surface area contributed by atoms with Crippen LogP contribution in [0.15, 0.2) is 19.5 Å². The fraction of sp³-hybridized carbons (Fsp3) is 0.650. The number of unbranched alkanes of at least 4 members (excludes halogenated alkanes) is 1. The van der Waals surface area contributed by atoms with Crippen molar-refractivity contribution < 1.29 is 14.3 Å². The number of nitrogens with two attached hydrogens (primary N) is 1. The van der Waals surface area contributed by atoms with E-state index in [2.05, 4.69) is 15.2 Å². The van der Waals surface area contributed by atoms with Crippen molar-refractivity contribution in [1.82, 2.24) is 24.3 Å². The van der Waals surface area contributed by atoms with Crippen LogP contribution >= 0.6 is 11.8 Å².